The van der Waals surface area contributed by atoms with Crippen LogP contribution < -0.4 is 14.8 Å². The summed E-state index contributed by atoms with van der Waals surface area (Å²) in [6.07, 6.45) is -0.779. The van der Waals surface area contributed by atoms with E-state index in [4.69, 9.17) is 14.2 Å². The van der Waals surface area contributed by atoms with E-state index in [1.807, 2.05) is 48.5 Å². The molecule has 5 heteroatoms. The Morgan fingerprint density at radius 1 is 0.871 bits per heavy atom. The van der Waals surface area contributed by atoms with Crippen LogP contribution in [0.25, 0.3) is 0 Å². The van der Waals surface area contributed by atoms with Gasteiger partial charge in [0.2, 0.25) is 0 Å². The summed E-state index contributed by atoms with van der Waals surface area (Å²) in [4.78, 5) is 0. The molecule has 0 saturated heterocycles. The standard InChI is InChI=1S/C26H31NO4/c1-19-9-7-8-12-23(19)26(21-10-5-4-6-11-21)31-18-22(28)17-27-16-20-13-14-24(29-2)25(15-20)30-3/h4-15,22,26-28H,16-18H2,1-3H3/p+1/t22-,26-/m0/s1. The summed E-state index contributed by atoms with van der Waals surface area (Å²) < 4.78 is 16.9. The maximum absolute atomic E-state index is 10.5. The molecular weight excluding hydrogens is 390 g/mol. The molecule has 164 valence electrons. The van der Waals surface area contributed by atoms with Gasteiger partial charge in [-0.2, -0.15) is 0 Å². The molecule has 2 atom stereocenters. The number of hydrogen-bond acceptors (Lipinski definition) is 4. The third-order valence-electron chi connectivity index (χ3n) is 5.30. The van der Waals surface area contributed by atoms with Gasteiger partial charge >= 0.3 is 0 Å². The lowest BCUT2D eigenvalue weighted by molar-refractivity contribution is -0.676. The van der Waals surface area contributed by atoms with E-state index in [0.717, 1.165) is 23.2 Å². The fourth-order valence-electron chi connectivity index (χ4n) is 3.60. The lowest BCUT2D eigenvalue weighted by atomic mass is 9.97. The van der Waals surface area contributed by atoms with Crippen LogP contribution in [0, 0.1) is 6.92 Å². The first-order valence-electron chi connectivity index (χ1n) is 10.5. The van der Waals surface area contributed by atoms with Gasteiger partial charge in [0.1, 0.15) is 25.3 Å². The van der Waals surface area contributed by atoms with E-state index in [1.165, 1.54) is 5.56 Å². The van der Waals surface area contributed by atoms with Gasteiger partial charge in [0.05, 0.1) is 20.8 Å². The molecule has 3 N–H and O–H groups in total. The molecule has 0 aromatic heterocycles. The van der Waals surface area contributed by atoms with Crippen molar-refractivity contribution in [3.63, 3.8) is 0 Å². The van der Waals surface area contributed by atoms with Crippen LogP contribution in [0.4, 0.5) is 0 Å². The average molecular weight is 423 g/mol. The molecule has 0 unspecified atom stereocenters. The monoisotopic (exact) mass is 422 g/mol. The minimum absolute atomic E-state index is 0.206. The van der Waals surface area contributed by atoms with Crippen LogP contribution in [0.2, 0.25) is 0 Å². The van der Waals surface area contributed by atoms with Crippen molar-refractivity contribution in [3.8, 4) is 11.5 Å². The number of aliphatic hydroxyl groups excluding tert-OH is 1. The summed E-state index contributed by atoms with van der Waals surface area (Å²) in [6.45, 7) is 3.62. The number of hydrogen-bond donors (Lipinski definition) is 2. The van der Waals surface area contributed by atoms with Gasteiger partial charge < -0.3 is 24.6 Å². The number of rotatable bonds is 11. The Bertz CT molecular complexity index is 945. The van der Waals surface area contributed by atoms with Crippen molar-refractivity contribution < 1.29 is 24.6 Å². The van der Waals surface area contributed by atoms with Crippen LogP contribution in [0.3, 0.4) is 0 Å². The predicted octanol–water partition coefficient (Wildman–Crippen LogP) is 3.24. The third kappa shape index (κ3) is 6.31. The highest BCUT2D eigenvalue weighted by Crippen LogP contribution is 2.29. The van der Waals surface area contributed by atoms with Crippen LogP contribution in [0.1, 0.15) is 28.4 Å². The van der Waals surface area contributed by atoms with Gasteiger partial charge in [-0.15, -0.1) is 0 Å². The Morgan fingerprint density at radius 3 is 2.29 bits per heavy atom. The van der Waals surface area contributed by atoms with E-state index in [1.54, 1.807) is 14.2 Å². The summed E-state index contributed by atoms with van der Waals surface area (Å²) in [5.41, 5.74) is 4.48. The van der Waals surface area contributed by atoms with E-state index in [0.29, 0.717) is 18.0 Å². The first kappa shape index (κ1) is 22.8. The van der Waals surface area contributed by atoms with E-state index in [2.05, 4.69) is 36.5 Å². The Morgan fingerprint density at radius 2 is 1.58 bits per heavy atom. The highest BCUT2D eigenvalue weighted by molar-refractivity contribution is 5.42. The molecule has 0 aliphatic heterocycles. The molecule has 5 nitrogen and oxygen atoms in total. The van der Waals surface area contributed by atoms with E-state index in [-0.39, 0.29) is 12.7 Å². The highest BCUT2D eigenvalue weighted by Gasteiger charge is 2.19. The molecule has 3 rings (SSSR count). The Hall–Kier alpha value is -2.86. The topological polar surface area (TPSA) is 64.5 Å². The maximum atomic E-state index is 10.5. The molecule has 0 aliphatic rings. The van der Waals surface area contributed by atoms with Crippen molar-refractivity contribution in [1.29, 1.82) is 0 Å². The summed E-state index contributed by atoms with van der Waals surface area (Å²) >= 11 is 0. The minimum Gasteiger partial charge on any atom is -0.493 e. The van der Waals surface area contributed by atoms with Crippen molar-refractivity contribution >= 4 is 0 Å². The second kappa shape index (κ2) is 11.5. The molecule has 0 fully saturated rings. The van der Waals surface area contributed by atoms with Gasteiger partial charge in [0.25, 0.3) is 0 Å². The molecular formula is C26H32NO4+. The number of quaternary nitrogens is 1. The van der Waals surface area contributed by atoms with Gasteiger partial charge in [0.15, 0.2) is 11.5 Å². The lowest BCUT2D eigenvalue weighted by Gasteiger charge is -2.22. The Labute approximate surface area is 184 Å². The van der Waals surface area contributed by atoms with Gasteiger partial charge in [-0.3, -0.25) is 0 Å². The Kier molecular flexibility index (Phi) is 8.47. The fourth-order valence-corrected chi connectivity index (χ4v) is 3.60. The van der Waals surface area contributed by atoms with Gasteiger partial charge in [-0.25, -0.2) is 0 Å². The largest absolute Gasteiger partial charge is 0.493 e. The molecule has 3 aromatic carbocycles. The van der Waals surface area contributed by atoms with Crippen molar-refractivity contribution in [2.75, 3.05) is 27.4 Å². The molecule has 0 heterocycles. The SMILES string of the molecule is COc1ccc(C[NH2+]C[C@H](O)CO[C@@H](c2ccccc2)c2ccccc2C)cc1OC. The summed E-state index contributed by atoms with van der Waals surface area (Å²) in [7, 11) is 3.25. The molecule has 0 saturated carbocycles. The van der Waals surface area contributed by atoms with E-state index in [9.17, 15) is 5.11 Å². The highest BCUT2D eigenvalue weighted by atomic mass is 16.5. The first-order chi connectivity index (χ1) is 15.1. The van der Waals surface area contributed by atoms with Crippen LogP contribution in [0.15, 0.2) is 72.8 Å². The molecule has 0 radical (unpaired) electrons. The lowest BCUT2D eigenvalue weighted by Crippen LogP contribution is -2.85. The predicted molar refractivity (Wildman–Crippen MR) is 121 cm³/mol. The number of aryl methyl sites for hydroxylation is 1. The fraction of sp³-hybridized carbons (Fsp3) is 0.308. The van der Waals surface area contributed by atoms with Gasteiger partial charge in [-0.05, 0) is 41.8 Å². The maximum Gasteiger partial charge on any atom is 0.161 e. The second-order valence-corrected chi connectivity index (χ2v) is 7.55. The second-order valence-electron chi connectivity index (χ2n) is 7.55. The minimum atomic E-state index is -0.574. The number of methoxy groups -OCH3 is 2. The molecule has 31 heavy (non-hydrogen) atoms. The third-order valence-corrected chi connectivity index (χ3v) is 5.30. The number of benzene rings is 3. The van der Waals surface area contributed by atoms with Crippen molar-refractivity contribution in [1.82, 2.24) is 0 Å². The van der Waals surface area contributed by atoms with Gasteiger partial charge in [0, 0.05) is 5.56 Å². The summed E-state index contributed by atoms with van der Waals surface area (Å²) in [6, 6.07) is 24.2. The van der Waals surface area contributed by atoms with Crippen LogP contribution in [0.5, 0.6) is 11.5 Å². The zero-order chi connectivity index (χ0) is 22.1. The van der Waals surface area contributed by atoms with Crippen LogP contribution >= 0.6 is 0 Å². The Balaban J connectivity index is 1.56. The number of nitrogens with two attached hydrogens (primary N) is 1. The van der Waals surface area contributed by atoms with Crippen molar-refractivity contribution in [3.05, 3.63) is 95.1 Å². The zero-order valence-corrected chi connectivity index (χ0v) is 18.5. The number of ether oxygens (including phenoxy) is 3. The molecule has 0 aliphatic carbocycles. The van der Waals surface area contributed by atoms with Crippen molar-refractivity contribution in [2.24, 2.45) is 0 Å². The normalized spacial score (nSPS) is 12.9. The van der Waals surface area contributed by atoms with Crippen LogP contribution in [-0.2, 0) is 11.3 Å². The molecule has 0 bridgehead atoms. The first-order valence-corrected chi connectivity index (χ1v) is 10.5. The van der Waals surface area contributed by atoms with Crippen molar-refractivity contribution in [2.45, 2.75) is 25.7 Å². The summed E-state index contributed by atoms with van der Waals surface area (Å²) in [5.74, 6) is 1.42. The van der Waals surface area contributed by atoms with Crippen LogP contribution in [-0.4, -0.2) is 38.6 Å². The van der Waals surface area contributed by atoms with Gasteiger partial charge in [-0.1, -0.05) is 54.6 Å². The smallest absolute Gasteiger partial charge is 0.161 e. The molecule has 0 amide bonds. The summed E-state index contributed by atoms with van der Waals surface area (Å²) in [5, 5.41) is 12.6. The van der Waals surface area contributed by atoms with E-state index >= 15 is 0 Å². The number of aliphatic hydroxyl groups is 1. The molecule has 3 aromatic rings. The van der Waals surface area contributed by atoms with E-state index < -0.39 is 6.10 Å². The molecule has 0 spiro atoms. The average Bonchev–Trinajstić information content (AvgIpc) is 2.81. The quantitative estimate of drug-likeness (QED) is 0.498. The zero-order valence-electron chi connectivity index (χ0n) is 18.5.